The number of carbonyl (C=O) groups is 12. The number of esters is 2. The molecule has 1 aromatic carbocycles. The molecule has 8 rings (SSSR count). The number of Topliss-reactive ketones (excluding diaryl/α,β-unsaturated/α-hetero) is 2. The first kappa shape index (κ1) is 72.3. The number of hydrogen-bond donors (Lipinski definition) is 8. The third kappa shape index (κ3) is 17.0. The van der Waals surface area contributed by atoms with E-state index in [0.29, 0.717) is 32.5 Å². The van der Waals surface area contributed by atoms with Crippen LogP contribution >= 0.6 is 0 Å². The van der Waals surface area contributed by atoms with E-state index >= 15 is 0 Å². The van der Waals surface area contributed by atoms with E-state index in [-0.39, 0.29) is 63.6 Å². The summed E-state index contributed by atoms with van der Waals surface area (Å²) in [6, 6.07) is 0.0264. The minimum atomic E-state index is -1.11. The van der Waals surface area contributed by atoms with Crippen molar-refractivity contribution in [3.05, 3.63) is 35.9 Å². The maximum absolute atomic E-state index is 14.3. The summed E-state index contributed by atoms with van der Waals surface area (Å²) in [5.74, 6) is -7.19. The van der Waals surface area contributed by atoms with Gasteiger partial charge in [-0.2, -0.15) is 0 Å². The molecule has 5 saturated carbocycles. The van der Waals surface area contributed by atoms with Gasteiger partial charge < -0.3 is 62.6 Å². The molecule has 0 spiro atoms. The number of nitrogens with zero attached hydrogens (tertiary/aromatic N) is 2. The van der Waals surface area contributed by atoms with Crippen molar-refractivity contribution in [1.29, 1.82) is 0 Å². The summed E-state index contributed by atoms with van der Waals surface area (Å²) in [5, 5.41) is 16.5. The molecule has 2 heterocycles. The predicted molar refractivity (Wildman–Crippen MR) is 340 cm³/mol. The number of hydrogen-bond acceptors (Lipinski definition) is 14. The van der Waals surface area contributed by atoms with E-state index in [9.17, 15) is 57.5 Å². The molecule has 2 unspecified atom stereocenters. The van der Waals surface area contributed by atoms with Gasteiger partial charge in [-0.3, -0.25) is 38.4 Å². The third-order valence-corrected chi connectivity index (χ3v) is 20.8. The van der Waals surface area contributed by atoms with E-state index in [2.05, 4.69) is 31.9 Å². The van der Waals surface area contributed by atoms with Gasteiger partial charge in [0, 0.05) is 18.5 Å². The van der Waals surface area contributed by atoms with Crippen molar-refractivity contribution < 1.29 is 67.0 Å². The topological polar surface area (TPSA) is 354 Å². The number of benzene rings is 1. The Morgan fingerprint density at radius 1 is 0.554 bits per heavy atom. The number of likely N-dealkylation sites (tertiary alicyclic amines) is 2. The van der Waals surface area contributed by atoms with Crippen molar-refractivity contribution >= 4 is 71.0 Å². The average Bonchev–Trinajstić information content (AvgIpc) is 1.53. The van der Waals surface area contributed by atoms with E-state index in [1.165, 1.54) is 9.80 Å². The van der Waals surface area contributed by atoms with Crippen molar-refractivity contribution in [2.45, 2.75) is 223 Å². The van der Waals surface area contributed by atoms with Crippen LogP contribution in [0.15, 0.2) is 30.3 Å². The van der Waals surface area contributed by atoms with Crippen LogP contribution in [0.2, 0.25) is 0 Å². The SMILES string of the molecule is CC(C)[C@H](NC(=O)N[C@H](C(=O)N1C[C@H]2[C@@H]([C@H]1C(=O)NC(CC1CC1)C(=O)C(N)=O)C2(C)C)C(C)(C)C)C(=O)OCC1(C)CC1.CC(C)[C@H](NC(=O)N[C@H](C(=O)N1C[C@H]2[C@@H]([C@H]1C(=O)NC(CC1CCC1)C(=O)C(N)=O)C2(C)C)C(C)(C)C)C(=O)O[C@H](C)c1ccccc1. The van der Waals surface area contributed by atoms with Crippen LogP contribution in [0.3, 0.4) is 0 Å². The zero-order chi connectivity index (χ0) is 68.7. The molecule has 510 valence electrons. The first-order valence-electron chi connectivity index (χ1n) is 33.1. The summed E-state index contributed by atoms with van der Waals surface area (Å²) in [4.78, 5) is 161. The monoisotopic (exact) mass is 1280 g/mol. The van der Waals surface area contributed by atoms with E-state index in [4.69, 9.17) is 20.9 Å². The van der Waals surface area contributed by atoms with Crippen molar-refractivity contribution in [1.82, 2.24) is 41.7 Å². The molecule has 2 saturated heterocycles. The molecule has 10 amide bonds. The number of primary amides is 2. The highest BCUT2D eigenvalue weighted by molar-refractivity contribution is 6.38. The summed E-state index contributed by atoms with van der Waals surface area (Å²) in [6.45, 7) is 30.9. The first-order valence-corrected chi connectivity index (χ1v) is 33.1. The molecule has 24 nitrogen and oxygen atoms in total. The number of carbonyl (C=O) groups excluding carboxylic acids is 12. The lowest BCUT2D eigenvalue weighted by molar-refractivity contribution is -0.152. The Kier molecular flexibility index (Phi) is 21.9. The summed E-state index contributed by atoms with van der Waals surface area (Å²) >= 11 is 0. The Balaban J connectivity index is 0.000000262. The van der Waals surface area contributed by atoms with Gasteiger partial charge in [0.05, 0.1) is 18.7 Å². The van der Waals surface area contributed by atoms with Crippen LogP contribution in [-0.2, 0) is 57.4 Å². The quantitative estimate of drug-likeness (QED) is 0.0440. The minimum absolute atomic E-state index is 0.00206. The lowest BCUT2D eigenvalue weighted by atomic mass is 9.80. The zero-order valence-electron chi connectivity index (χ0n) is 57.0. The molecule has 7 fully saturated rings. The summed E-state index contributed by atoms with van der Waals surface area (Å²) in [5.41, 5.74) is 9.51. The molecule has 5 aliphatic carbocycles. The van der Waals surface area contributed by atoms with Gasteiger partial charge in [0.15, 0.2) is 0 Å². The number of piperidine rings is 2. The average molecular weight is 1290 g/mol. The number of nitrogens with two attached hydrogens (primary N) is 2. The fourth-order valence-electron chi connectivity index (χ4n) is 13.7. The smallest absolute Gasteiger partial charge is 0.329 e. The summed E-state index contributed by atoms with van der Waals surface area (Å²) < 4.78 is 11.2. The Labute approximate surface area is 542 Å². The predicted octanol–water partition coefficient (Wildman–Crippen LogP) is 5.13. The van der Waals surface area contributed by atoms with Gasteiger partial charge in [-0.25, -0.2) is 19.2 Å². The minimum Gasteiger partial charge on any atom is -0.464 e. The highest BCUT2D eigenvalue weighted by Gasteiger charge is 2.71. The van der Waals surface area contributed by atoms with Crippen LogP contribution in [0.5, 0.6) is 0 Å². The van der Waals surface area contributed by atoms with Crippen LogP contribution < -0.4 is 43.4 Å². The van der Waals surface area contributed by atoms with Crippen LogP contribution in [0.4, 0.5) is 9.59 Å². The number of ether oxygens (including phenoxy) is 2. The largest absolute Gasteiger partial charge is 0.464 e. The molecular formula is C68H104N10O14. The second-order valence-electron chi connectivity index (χ2n) is 31.8. The van der Waals surface area contributed by atoms with Crippen molar-refractivity contribution in [2.24, 2.45) is 85.9 Å². The highest BCUT2D eigenvalue weighted by Crippen LogP contribution is 2.66. The highest BCUT2D eigenvalue weighted by atomic mass is 16.5. The lowest BCUT2D eigenvalue weighted by Gasteiger charge is -2.38. The number of ketones is 2. The maximum atomic E-state index is 14.3. The number of fused-ring (bicyclic) bond motifs is 2. The Bertz CT molecular complexity index is 2990. The molecule has 92 heavy (non-hydrogen) atoms. The molecule has 13 atom stereocenters. The lowest BCUT2D eigenvalue weighted by Crippen LogP contribution is -2.62. The maximum Gasteiger partial charge on any atom is 0.329 e. The molecule has 0 radical (unpaired) electrons. The van der Waals surface area contributed by atoms with Gasteiger partial charge in [0.25, 0.3) is 11.8 Å². The zero-order valence-corrected chi connectivity index (χ0v) is 57.0. The molecule has 24 heteroatoms. The Morgan fingerprint density at radius 2 is 0.946 bits per heavy atom. The van der Waals surface area contributed by atoms with E-state index in [1.807, 2.05) is 106 Å². The molecule has 10 N–H and O–H groups in total. The van der Waals surface area contributed by atoms with Crippen LogP contribution in [-0.4, -0.2) is 149 Å². The second-order valence-corrected chi connectivity index (χ2v) is 31.8. The number of rotatable bonds is 26. The van der Waals surface area contributed by atoms with Gasteiger partial charge in [0.2, 0.25) is 35.2 Å². The molecule has 0 bridgehead atoms. The van der Waals surface area contributed by atoms with E-state index < -0.39 is 136 Å². The van der Waals surface area contributed by atoms with Crippen LogP contribution in [0, 0.1) is 74.4 Å². The van der Waals surface area contributed by atoms with Gasteiger partial charge in [-0.15, -0.1) is 0 Å². The first-order chi connectivity index (χ1) is 42.6. The number of amides is 10. The van der Waals surface area contributed by atoms with Gasteiger partial charge >= 0.3 is 24.0 Å². The standard InChI is InChI=1S/C36H53N5O7.C32H51N5O7/c1-19(2)26(33(46)48-20(3)22-15-10-9-11-16-22)39-34(47)40-29(35(4,5)6)32(45)41-18-23-25(36(23,7)8)27(41)31(44)38-24(28(42)30(37)43)17-21-13-12-14-21;1-16(2)21(28(42)44-15-32(8)11-12-32)35-29(43)36-24(30(3,4)5)27(41)37-14-18-20(31(18,6)7)22(37)26(40)34-19(13-17-9-10-17)23(38)25(33)39/h9-11,15-16,19-21,23-27,29H,12-14,17-18H2,1-8H3,(H2,37,43)(H,38,44)(H2,39,40,47);16-22,24H,9-15H2,1-8H3,(H2,33,39)(H,34,40)(H2,35,36,43)/t20-,23+,24?,25+,26+,27+,29-;18-,19?,20-,21-,22-,24+/m10/s1. The van der Waals surface area contributed by atoms with Gasteiger partial charge in [-0.1, -0.05) is 166 Å². The van der Waals surface area contributed by atoms with Crippen LogP contribution in [0.25, 0.3) is 0 Å². The normalized spacial score (nSPS) is 25.1. The van der Waals surface area contributed by atoms with Crippen LogP contribution in [0.1, 0.15) is 180 Å². The van der Waals surface area contributed by atoms with E-state index in [0.717, 1.165) is 50.5 Å². The fourth-order valence-corrected chi connectivity index (χ4v) is 13.7. The Morgan fingerprint density at radius 3 is 1.28 bits per heavy atom. The molecular weight excluding hydrogens is 1180 g/mol. The van der Waals surface area contributed by atoms with Crippen molar-refractivity contribution in [2.75, 3.05) is 19.7 Å². The second kappa shape index (κ2) is 27.8. The molecule has 0 aromatic heterocycles. The number of nitrogens with one attached hydrogen (secondary N) is 6. The Hall–Kier alpha value is -7.14. The van der Waals surface area contributed by atoms with Gasteiger partial charge in [-0.05, 0) is 107 Å². The van der Waals surface area contributed by atoms with Crippen molar-refractivity contribution in [3.63, 3.8) is 0 Å². The van der Waals surface area contributed by atoms with E-state index in [1.54, 1.807) is 34.6 Å². The van der Waals surface area contributed by atoms with Gasteiger partial charge in [0.1, 0.15) is 42.4 Å². The molecule has 1 aromatic rings. The molecule has 2 aliphatic heterocycles. The summed E-state index contributed by atoms with van der Waals surface area (Å²) in [6.07, 6.45) is 6.78. The summed E-state index contributed by atoms with van der Waals surface area (Å²) in [7, 11) is 0. The fraction of sp³-hybridized carbons (Fsp3) is 0.735. The number of urea groups is 2. The molecule has 7 aliphatic rings. The third-order valence-electron chi connectivity index (χ3n) is 20.8. The van der Waals surface area contributed by atoms with Crippen molar-refractivity contribution in [3.8, 4) is 0 Å².